The van der Waals surface area contributed by atoms with E-state index in [4.69, 9.17) is 0 Å². The summed E-state index contributed by atoms with van der Waals surface area (Å²) >= 11 is 0. The van der Waals surface area contributed by atoms with Crippen molar-refractivity contribution in [3.63, 3.8) is 0 Å². The second-order valence-electron chi connectivity index (χ2n) is 4.61. The number of rotatable bonds is 4. The molecule has 116 valence electrons. The molecule has 0 aliphatic heterocycles. The molecule has 1 aromatic rings. The van der Waals surface area contributed by atoms with Gasteiger partial charge in [-0.05, 0) is 19.9 Å². The summed E-state index contributed by atoms with van der Waals surface area (Å²) in [5.41, 5.74) is 1.28. The third kappa shape index (κ3) is 4.15. The highest BCUT2D eigenvalue weighted by Crippen LogP contribution is 2.31. The molecule has 0 unspecified atom stereocenters. The highest BCUT2D eigenvalue weighted by molar-refractivity contribution is 5.95. The van der Waals surface area contributed by atoms with Crippen LogP contribution in [0.2, 0.25) is 0 Å². The normalized spacial score (nSPS) is 11.9. The van der Waals surface area contributed by atoms with E-state index in [2.05, 4.69) is 15.1 Å². The molecule has 0 aliphatic carbocycles. The number of nitrogens with one attached hydrogen (secondary N) is 2. The number of ether oxygens (including phenoxy) is 1. The fraction of sp³-hybridized carbons (Fsp3) is 0.417. The number of hydrogen-bond donors (Lipinski definition) is 2. The Hall–Kier alpha value is -2.16. The highest BCUT2D eigenvalue weighted by Gasteiger charge is 2.36. The van der Waals surface area contributed by atoms with Crippen molar-refractivity contribution in [2.75, 3.05) is 7.11 Å². The number of pyridine rings is 1. The lowest BCUT2D eigenvalue weighted by atomic mass is 10.1. The van der Waals surface area contributed by atoms with Crippen LogP contribution in [0.15, 0.2) is 18.5 Å². The Labute approximate surface area is 118 Å². The second kappa shape index (κ2) is 6.08. The van der Waals surface area contributed by atoms with Gasteiger partial charge < -0.3 is 4.74 Å². The number of hydrogen-bond acceptors (Lipinski definition) is 5. The lowest BCUT2D eigenvalue weighted by molar-refractivity contribution is -0.147. The van der Waals surface area contributed by atoms with Gasteiger partial charge in [0.25, 0.3) is 5.91 Å². The van der Waals surface area contributed by atoms with Crippen LogP contribution in [0.5, 0.6) is 0 Å². The SMILES string of the molecule is COC(=O)C(C)(C)NNC(=O)c1cnccc1C(F)(F)F. The molecule has 0 bridgehead atoms. The van der Waals surface area contributed by atoms with Crippen molar-refractivity contribution in [3.8, 4) is 0 Å². The number of aromatic nitrogens is 1. The zero-order valence-electron chi connectivity index (χ0n) is 11.5. The number of amides is 1. The van der Waals surface area contributed by atoms with Crippen molar-refractivity contribution in [3.05, 3.63) is 29.6 Å². The predicted octanol–water partition coefficient (Wildman–Crippen LogP) is 1.29. The van der Waals surface area contributed by atoms with Gasteiger partial charge in [-0.25, -0.2) is 5.43 Å². The van der Waals surface area contributed by atoms with E-state index in [-0.39, 0.29) is 0 Å². The van der Waals surface area contributed by atoms with Gasteiger partial charge in [0, 0.05) is 12.4 Å². The van der Waals surface area contributed by atoms with Crippen molar-refractivity contribution in [1.29, 1.82) is 0 Å². The van der Waals surface area contributed by atoms with Gasteiger partial charge in [0.1, 0.15) is 5.54 Å². The molecular weight excluding hydrogens is 291 g/mol. The molecule has 1 rings (SSSR count). The van der Waals surface area contributed by atoms with Crippen molar-refractivity contribution in [2.45, 2.75) is 25.6 Å². The Bertz CT molecular complexity index is 544. The summed E-state index contributed by atoms with van der Waals surface area (Å²) in [6.07, 6.45) is -2.95. The van der Waals surface area contributed by atoms with Crippen LogP contribution in [0, 0.1) is 0 Å². The molecule has 0 aliphatic rings. The molecule has 1 heterocycles. The van der Waals surface area contributed by atoms with E-state index in [0.717, 1.165) is 19.5 Å². The number of alkyl halides is 3. The first-order chi connectivity index (χ1) is 9.59. The molecule has 6 nitrogen and oxygen atoms in total. The first-order valence-electron chi connectivity index (χ1n) is 5.76. The van der Waals surface area contributed by atoms with E-state index in [1.54, 1.807) is 0 Å². The highest BCUT2D eigenvalue weighted by atomic mass is 19.4. The number of esters is 1. The molecule has 0 saturated carbocycles. The van der Waals surface area contributed by atoms with Gasteiger partial charge in [-0.1, -0.05) is 0 Å². The Morgan fingerprint density at radius 1 is 1.29 bits per heavy atom. The van der Waals surface area contributed by atoms with Gasteiger partial charge in [0.15, 0.2) is 0 Å². The van der Waals surface area contributed by atoms with Crippen LogP contribution in [0.4, 0.5) is 13.2 Å². The van der Waals surface area contributed by atoms with E-state index in [1.165, 1.54) is 13.8 Å². The molecule has 1 aromatic heterocycles. The summed E-state index contributed by atoms with van der Waals surface area (Å²) in [6, 6.07) is 0.695. The van der Waals surface area contributed by atoms with E-state index >= 15 is 0 Å². The van der Waals surface area contributed by atoms with Gasteiger partial charge >= 0.3 is 12.1 Å². The van der Waals surface area contributed by atoms with Crippen LogP contribution in [0.1, 0.15) is 29.8 Å². The van der Waals surface area contributed by atoms with E-state index in [1.807, 2.05) is 5.43 Å². The predicted molar refractivity (Wildman–Crippen MR) is 65.9 cm³/mol. The molecule has 21 heavy (non-hydrogen) atoms. The van der Waals surface area contributed by atoms with Crippen LogP contribution < -0.4 is 10.9 Å². The van der Waals surface area contributed by atoms with Gasteiger partial charge in [-0.15, -0.1) is 0 Å². The van der Waals surface area contributed by atoms with Crippen molar-refractivity contribution >= 4 is 11.9 Å². The molecule has 2 N–H and O–H groups in total. The summed E-state index contributed by atoms with van der Waals surface area (Å²) in [7, 11) is 1.15. The standard InChI is InChI=1S/C12H14F3N3O3/c1-11(2,10(20)21-3)18-17-9(19)7-6-16-5-4-8(7)12(13,14)15/h4-6,18H,1-3H3,(H,17,19). The fourth-order valence-corrected chi connectivity index (χ4v) is 1.41. The lowest BCUT2D eigenvalue weighted by Gasteiger charge is -2.23. The zero-order valence-corrected chi connectivity index (χ0v) is 11.5. The van der Waals surface area contributed by atoms with Crippen LogP contribution in [0.3, 0.4) is 0 Å². The summed E-state index contributed by atoms with van der Waals surface area (Å²) in [4.78, 5) is 26.7. The van der Waals surface area contributed by atoms with Crippen LogP contribution in [-0.4, -0.2) is 29.5 Å². The molecule has 9 heteroatoms. The summed E-state index contributed by atoms with van der Waals surface area (Å²) in [5.74, 6) is -1.75. The van der Waals surface area contributed by atoms with Gasteiger partial charge in [-0.2, -0.15) is 13.2 Å². The number of carbonyl (C=O) groups is 2. The third-order valence-corrected chi connectivity index (χ3v) is 2.56. The smallest absolute Gasteiger partial charge is 0.417 e. The van der Waals surface area contributed by atoms with Gasteiger partial charge in [0.2, 0.25) is 0 Å². The molecular formula is C12H14F3N3O3. The number of halogens is 3. The monoisotopic (exact) mass is 305 g/mol. The summed E-state index contributed by atoms with van der Waals surface area (Å²) < 4.78 is 42.8. The molecule has 0 radical (unpaired) electrons. The fourth-order valence-electron chi connectivity index (χ4n) is 1.41. The second-order valence-corrected chi connectivity index (χ2v) is 4.61. The average Bonchev–Trinajstić information content (AvgIpc) is 2.43. The van der Waals surface area contributed by atoms with Crippen molar-refractivity contribution in [1.82, 2.24) is 15.8 Å². The maximum absolute atomic E-state index is 12.8. The molecule has 1 amide bonds. The topological polar surface area (TPSA) is 80.3 Å². The van der Waals surface area contributed by atoms with Crippen molar-refractivity contribution < 1.29 is 27.5 Å². The van der Waals surface area contributed by atoms with E-state index in [9.17, 15) is 22.8 Å². The van der Waals surface area contributed by atoms with Crippen LogP contribution >= 0.6 is 0 Å². The minimum absolute atomic E-state index is 0.654. The largest absolute Gasteiger partial charge is 0.468 e. The zero-order chi connectivity index (χ0) is 16.3. The Morgan fingerprint density at radius 3 is 2.43 bits per heavy atom. The number of nitrogens with zero attached hydrogens (tertiary/aromatic N) is 1. The molecule has 0 fully saturated rings. The Balaban J connectivity index is 2.90. The van der Waals surface area contributed by atoms with Crippen molar-refractivity contribution in [2.24, 2.45) is 0 Å². The first-order valence-corrected chi connectivity index (χ1v) is 5.76. The molecule has 0 saturated heterocycles. The summed E-state index contributed by atoms with van der Waals surface area (Å²) in [5, 5.41) is 0. The Morgan fingerprint density at radius 2 is 1.90 bits per heavy atom. The van der Waals surface area contributed by atoms with Gasteiger partial charge in [0.05, 0.1) is 18.2 Å². The molecule has 0 atom stereocenters. The maximum Gasteiger partial charge on any atom is 0.417 e. The minimum Gasteiger partial charge on any atom is -0.468 e. The number of carbonyl (C=O) groups excluding carboxylic acids is 2. The summed E-state index contributed by atoms with van der Waals surface area (Å²) in [6.45, 7) is 2.79. The van der Waals surface area contributed by atoms with Crippen LogP contribution in [0.25, 0.3) is 0 Å². The maximum atomic E-state index is 12.8. The first kappa shape index (κ1) is 16.9. The quantitative estimate of drug-likeness (QED) is 0.647. The van der Waals surface area contributed by atoms with E-state index < -0.39 is 34.7 Å². The minimum atomic E-state index is -4.69. The van der Waals surface area contributed by atoms with Gasteiger partial charge in [-0.3, -0.25) is 20.0 Å². The molecule has 0 aromatic carbocycles. The number of hydrazine groups is 1. The molecule has 0 spiro atoms. The third-order valence-electron chi connectivity index (χ3n) is 2.56. The average molecular weight is 305 g/mol. The van der Waals surface area contributed by atoms with E-state index in [0.29, 0.717) is 6.07 Å². The lowest BCUT2D eigenvalue weighted by Crippen LogP contribution is -2.55. The Kier molecular flexibility index (Phi) is 4.89. The number of methoxy groups -OCH3 is 1. The van der Waals surface area contributed by atoms with Crippen LogP contribution in [-0.2, 0) is 15.7 Å².